The fourth-order valence-corrected chi connectivity index (χ4v) is 5.55. The Hall–Kier alpha value is -8.70. The summed E-state index contributed by atoms with van der Waals surface area (Å²) in [4.78, 5) is 215. The first-order valence-electron chi connectivity index (χ1n) is 29.7. The predicted octanol–water partition coefficient (Wildman–Crippen LogP) is 0.791. The third-order valence-corrected chi connectivity index (χ3v) is 10.6. The first kappa shape index (κ1) is 93.3. The van der Waals surface area contributed by atoms with E-state index < -0.39 is 226 Å². The fraction of sp³-hybridized carbons (Fsp3) is 0.516. The fourth-order valence-electron chi connectivity index (χ4n) is 5.55. The third-order valence-electron chi connectivity index (χ3n) is 10.6. The van der Waals surface area contributed by atoms with Crippen molar-refractivity contribution in [2.45, 2.75) is 61.0 Å². The second-order valence-electron chi connectivity index (χ2n) is 18.7. The van der Waals surface area contributed by atoms with Crippen LogP contribution in [0.1, 0.15) is 0 Å². The maximum Gasteiger partial charge on any atom is 0.330 e. The lowest BCUT2D eigenvalue weighted by atomic mass is 10.4. The Morgan fingerprint density at radius 2 is 0.314 bits per heavy atom. The third kappa shape index (κ3) is 51.4. The number of ether oxygens (including phenoxy) is 12. The van der Waals surface area contributed by atoms with Crippen molar-refractivity contribution < 1.29 is 193 Å². The van der Waals surface area contributed by atoms with Gasteiger partial charge in [-0.3, -0.25) is 0 Å². The molecule has 574 valence electrons. The molecule has 0 aliphatic heterocycles. The average molecular weight is 1470 g/mol. The van der Waals surface area contributed by atoms with Crippen molar-refractivity contribution in [3.8, 4) is 0 Å². The van der Waals surface area contributed by atoms with E-state index >= 15 is 0 Å². The van der Waals surface area contributed by atoms with Gasteiger partial charge in [-0.05, 0) is 0 Å². The van der Waals surface area contributed by atoms with E-state index in [1.807, 2.05) is 0 Å². The Labute approximate surface area is 584 Å². The Morgan fingerprint density at radius 3 is 0.431 bits per heavy atom. The molecule has 0 amide bonds. The zero-order valence-corrected chi connectivity index (χ0v) is 56.1. The Bertz CT molecular complexity index is 2560. The van der Waals surface area contributed by atoms with E-state index in [1.54, 1.807) is 0 Å². The Balaban J connectivity index is 6.24. The number of hydrogen-bond donors (Lipinski definition) is 0. The number of esters is 10. The zero-order valence-electron chi connectivity index (χ0n) is 56.1. The van der Waals surface area contributed by atoms with E-state index in [1.165, 1.54) is 14.2 Å². The largest absolute Gasteiger partial charge is 0.460 e. The van der Waals surface area contributed by atoms with Crippen molar-refractivity contribution in [2.75, 3.05) is 146 Å². The normalized spacial score (nSPS) is 13.8. The van der Waals surface area contributed by atoms with Gasteiger partial charge in [0.2, 0.25) is 0 Å². The van der Waals surface area contributed by atoms with Crippen LogP contribution in [0, 0.1) is 0 Å². The maximum atomic E-state index is 12.1. The minimum absolute atomic E-state index is 0.0885. The molecule has 0 saturated carbocycles. The molecular formula is C62H86O40. The van der Waals surface area contributed by atoms with Crippen LogP contribution in [0.4, 0.5) is 0 Å². The number of hydrogen-bond acceptors (Lipinski definition) is 40. The molecule has 40 heteroatoms. The van der Waals surface area contributed by atoms with Gasteiger partial charge in [-0.25, -0.2) is 136 Å². The summed E-state index contributed by atoms with van der Waals surface area (Å²) in [5.74, 6) is -8.63. The molecule has 0 aromatic carbocycles. The second-order valence-corrected chi connectivity index (χ2v) is 18.7. The first-order valence-corrected chi connectivity index (χ1v) is 29.7. The minimum Gasteiger partial charge on any atom is -0.460 e. The van der Waals surface area contributed by atoms with Gasteiger partial charge in [-0.15, -0.1) is 0 Å². The maximum absolute atomic E-state index is 12.1. The molecule has 0 heterocycles. The lowest BCUT2D eigenvalue weighted by Gasteiger charge is -2.22. The van der Waals surface area contributed by atoms with Gasteiger partial charge in [0.1, 0.15) is 132 Å². The van der Waals surface area contributed by atoms with Crippen LogP contribution in [0.25, 0.3) is 0 Å². The molecule has 0 aromatic rings. The van der Waals surface area contributed by atoms with Crippen LogP contribution in [0.15, 0.2) is 127 Å². The number of rotatable bonds is 69. The summed E-state index contributed by atoms with van der Waals surface area (Å²) in [6.45, 7) is 22.9. The van der Waals surface area contributed by atoms with E-state index in [-0.39, 0.29) is 26.4 Å². The molecule has 0 aliphatic carbocycles. The molecule has 0 rings (SSSR count). The molecule has 0 bridgehead atoms. The van der Waals surface area contributed by atoms with Crippen LogP contribution in [-0.4, -0.2) is 267 Å². The highest BCUT2D eigenvalue weighted by atomic mass is 17.3. The summed E-state index contributed by atoms with van der Waals surface area (Å²) in [5, 5.41) is 0. The second kappa shape index (κ2) is 62.1. The summed E-state index contributed by atoms with van der Waals surface area (Å²) in [6.07, 6.45) is -3.70. The van der Waals surface area contributed by atoms with Gasteiger partial charge in [0, 0.05) is 75.0 Å². The van der Waals surface area contributed by atoms with Gasteiger partial charge in [0.05, 0.1) is 6.61 Å². The van der Waals surface area contributed by atoms with Gasteiger partial charge < -0.3 is 56.8 Å². The van der Waals surface area contributed by atoms with Gasteiger partial charge in [-0.1, -0.05) is 65.8 Å². The first-order chi connectivity index (χ1) is 49.2. The number of methoxy groups -OCH3 is 2. The molecule has 10 atom stereocenters. The highest BCUT2D eigenvalue weighted by Crippen LogP contribution is 2.11. The molecule has 0 aliphatic rings. The van der Waals surface area contributed by atoms with Gasteiger partial charge in [0.25, 0.3) is 0 Å². The van der Waals surface area contributed by atoms with Crippen molar-refractivity contribution in [3.05, 3.63) is 127 Å². The van der Waals surface area contributed by atoms with Crippen molar-refractivity contribution in [1.82, 2.24) is 0 Å². The molecule has 0 spiro atoms. The summed E-state index contributed by atoms with van der Waals surface area (Å²) in [7, 11) is 2.66. The van der Waals surface area contributed by atoms with Crippen LogP contribution in [0.3, 0.4) is 0 Å². The molecule has 0 saturated heterocycles. The minimum atomic E-state index is -1.39. The molecule has 102 heavy (non-hydrogen) atoms. The summed E-state index contributed by atoms with van der Waals surface area (Å²) < 4.78 is 60.6. The molecule has 0 N–H and O–H groups in total. The van der Waals surface area contributed by atoms with Crippen LogP contribution >= 0.6 is 0 Å². The average Bonchev–Trinajstić information content (AvgIpc) is 1.07. The standard InChI is InChI=1S/C62H86O40/c1-13-53(63)75-24-43(74-12)34-85-95-45(26-77-55(65)15-3)36-87-97-47(28-79-57(67)17-5)38-89-99-49(30-81-59(69)19-7)40-91-101-51(32-83-61(71)21-9)42-93-102-52(33-84-62(72)22-10)41-92-100-50(31-82-60(70)20-8)39-90-98-48(29-80-58(68)18-6)37-88-96-46(27-78-56(66)16-4)35-86-94-44(23-73-11)25-76-54(64)14-2/h13-22,43-52H,1-10,23-42H2,11-12H3. The molecule has 0 fully saturated rings. The van der Waals surface area contributed by atoms with Crippen LogP contribution in [0.2, 0.25) is 0 Å². The number of carbonyl (C=O) groups is 10. The van der Waals surface area contributed by atoms with Gasteiger partial charge in [-0.2, -0.15) is 0 Å². The molecular weight excluding hydrogens is 1380 g/mol. The van der Waals surface area contributed by atoms with E-state index in [9.17, 15) is 47.9 Å². The smallest absolute Gasteiger partial charge is 0.330 e. The van der Waals surface area contributed by atoms with Crippen molar-refractivity contribution in [2.24, 2.45) is 0 Å². The predicted molar refractivity (Wildman–Crippen MR) is 332 cm³/mol. The lowest BCUT2D eigenvalue weighted by Crippen LogP contribution is -2.35. The Morgan fingerprint density at radius 1 is 0.196 bits per heavy atom. The van der Waals surface area contributed by atoms with E-state index in [4.69, 9.17) is 145 Å². The van der Waals surface area contributed by atoms with Crippen LogP contribution in [-0.2, 0) is 193 Å². The number of carbonyl (C=O) groups excluding carboxylic acids is 10. The topological polar surface area (TPSA) is 448 Å². The summed E-state index contributed by atoms with van der Waals surface area (Å²) >= 11 is 0. The quantitative estimate of drug-likeness (QED) is 0.0267. The summed E-state index contributed by atoms with van der Waals surface area (Å²) in [6, 6.07) is 0. The van der Waals surface area contributed by atoms with E-state index in [0.717, 1.165) is 60.8 Å². The zero-order chi connectivity index (χ0) is 76.0. The van der Waals surface area contributed by atoms with Crippen molar-refractivity contribution in [1.29, 1.82) is 0 Å². The summed E-state index contributed by atoms with van der Waals surface area (Å²) in [5.41, 5.74) is 0. The van der Waals surface area contributed by atoms with Crippen LogP contribution in [0.5, 0.6) is 0 Å². The van der Waals surface area contributed by atoms with Gasteiger partial charge in [0.15, 0.2) is 54.9 Å². The molecule has 0 radical (unpaired) electrons. The molecule has 40 nitrogen and oxygen atoms in total. The lowest BCUT2D eigenvalue weighted by molar-refractivity contribution is -0.423. The van der Waals surface area contributed by atoms with Crippen molar-refractivity contribution >= 4 is 59.7 Å². The van der Waals surface area contributed by atoms with Gasteiger partial charge >= 0.3 is 59.7 Å². The van der Waals surface area contributed by atoms with Crippen LogP contribution < -0.4 is 0 Å². The Kier molecular flexibility index (Phi) is 56.8. The highest BCUT2D eigenvalue weighted by molar-refractivity contribution is 5.84. The van der Waals surface area contributed by atoms with E-state index in [0.29, 0.717) is 0 Å². The van der Waals surface area contributed by atoms with E-state index in [2.05, 4.69) is 65.8 Å². The molecule has 10 unspecified atom stereocenters. The monoisotopic (exact) mass is 1470 g/mol. The van der Waals surface area contributed by atoms with Crippen molar-refractivity contribution in [3.63, 3.8) is 0 Å². The SMILES string of the molecule is C=CC(=O)OCC(COOC(COOC(COOC(COOC(COOC(COOC(COOC(COOC(COOC(COC)COC(=O)C=C)COC(=O)C=C)COC(=O)C=C)COC(=O)C=C)COC(=O)C=C)COC(=O)C=C)COC(=O)C=C)COC(=O)C=C)COC(=O)C=C)OC. The molecule has 0 aromatic heterocycles. The highest BCUT2D eigenvalue weighted by Gasteiger charge is 2.27.